The van der Waals surface area contributed by atoms with Crippen LogP contribution in [0.25, 0.3) is 6.08 Å². The number of amides is 2. The highest BCUT2D eigenvalue weighted by molar-refractivity contribution is 6.03. The standard InChI is InChI=1S/C29H30N2O4/c1-21-8-10-23(11-9-21)12-15-28(32)30-24-13-14-27-26(19-24)31(29(33)20-35-27)16-3-4-17-34-25-7-5-6-22(2)18-25/h5-15,18-19H,3-4,16-17,20H2,1-2H3,(H,30,32)/b15-12+. The van der Waals surface area contributed by atoms with E-state index in [1.807, 2.05) is 62.4 Å². The van der Waals surface area contributed by atoms with Crippen molar-refractivity contribution in [3.63, 3.8) is 0 Å². The third-order valence-corrected chi connectivity index (χ3v) is 5.71. The monoisotopic (exact) mass is 470 g/mol. The maximum atomic E-state index is 12.6. The number of anilines is 2. The molecule has 0 aliphatic carbocycles. The zero-order chi connectivity index (χ0) is 24.6. The lowest BCUT2D eigenvalue weighted by Gasteiger charge is -2.30. The van der Waals surface area contributed by atoms with Crippen LogP contribution in [0, 0.1) is 13.8 Å². The van der Waals surface area contributed by atoms with Gasteiger partial charge in [0.05, 0.1) is 12.3 Å². The van der Waals surface area contributed by atoms with Gasteiger partial charge in [0.25, 0.3) is 5.91 Å². The van der Waals surface area contributed by atoms with Crippen LogP contribution in [-0.2, 0) is 9.59 Å². The van der Waals surface area contributed by atoms with Crippen molar-refractivity contribution in [3.8, 4) is 11.5 Å². The average molecular weight is 471 g/mol. The molecule has 35 heavy (non-hydrogen) atoms. The van der Waals surface area contributed by atoms with Crippen molar-refractivity contribution >= 4 is 29.3 Å². The first kappa shape index (κ1) is 24.1. The van der Waals surface area contributed by atoms with Crippen molar-refractivity contribution in [1.82, 2.24) is 0 Å². The summed E-state index contributed by atoms with van der Waals surface area (Å²) in [6.45, 7) is 5.20. The van der Waals surface area contributed by atoms with Gasteiger partial charge in [0.15, 0.2) is 6.61 Å². The van der Waals surface area contributed by atoms with Crippen LogP contribution in [0.5, 0.6) is 11.5 Å². The summed E-state index contributed by atoms with van der Waals surface area (Å²) in [4.78, 5) is 26.7. The van der Waals surface area contributed by atoms with E-state index in [0.29, 0.717) is 30.3 Å². The molecule has 0 bridgehead atoms. The number of benzene rings is 3. The Morgan fingerprint density at radius 2 is 1.86 bits per heavy atom. The summed E-state index contributed by atoms with van der Waals surface area (Å²) in [6, 6.07) is 21.2. The van der Waals surface area contributed by atoms with Gasteiger partial charge in [-0.2, -0.15) is 0 Å². The molecule has 0 saturated carbocycles. The minimum Gasteiger partial charge on any atom is -0.494 e. The number of unbranched alkanes of at least 4 members (excludes halogenated alkanes) is 1. The van der Waals surface area contributed by atoms with Gasteiger partial charge in [-0.25, -0.2) is 0 Å². The van der Waals surface area contributed by atoms with Crippen LogP contribution in [0.4, 0.5) is 11.4 Å². The van der Waals surface area contributed by atoms with Crippen molar-refractivity contribution in [2.24, 2.45) is 0 Å². The van der Waals surface area contributed by atoms with Crippen LogP contribution < -0.4 is 19.7 Å². The number of nitrogens with zero attached hydrogens (tertiary/aromatic N) is 1. The highest BCUT2D eigenvalue weighted by atomic mass is 16.5. The highest BCUT2D eigenvalue weighted by Gasteiger charge is 2.25. The lowest BCUT2D eigenvalue weighted by Crippen LogP contribution is -2.39. The summed E-state index contributed by atoms with van der Waals surface area (Å²) in [5.41, 5.74) is 4.55. The van der Waals surface area contributed by atoms with E-state index in [-0.39, 0.29) is 18.4 Å². The number of carbonyl (C=O) groups is 2. The predicted molar refractivity (Wildman–Crippen MR) is 139 cm³/mol. The molecule has 0 fully saturated rings. The molecule has 1 heterocycles. The molecule has 0 aromatic heterocycles. The fraction of sp³-hybridized carbons (Fsp3) is 0.241. The first-order valence-corrected chi connectivity index (χ1v) is 11.8. The topological polar surface area (TPSA) is 67.9 Å². The third-order valence-electron chi connectivity index (χ3n) is 5.71. The minimum atomic E-state index is -0.242. The molecule has 6 heteroatoms. The number of hydrogen-bond donors (Lipinski definition) is 1. The Kier molecular flexibility index (Phi) is 7.83. The summed E-state index contributed by atoms with van der Waals surface area (Å²) in [5, 5.41) is 2.87. The second-order valence-electron chi connectivity index (χ2n) is 8.62. The van der Waals surface area contributed by atoms with Crippen molar-refractivity contribution in [3.05, 3.63) is 89.5 Å². The van der Waals surface area contributed by atoms with Gasteiger partial charge in [-0.15, -0.1) is 0 Å². The Hall–Kier alpha value is -4.06. The van der Waals surface area contributed by atoms with E-state index in [0.717, 1.165) is 29.7 Å². The van der Waals surface area contributed by atoms with E-state index in [1.54, 1.807) is 29.2 Å². The first-order chi connectivity index (χ1) is 17.0. The molecule has 180 valence electrons. The van der Waals surface area contributed by atoms with Gasteiger partial charge in [-0.05, 0) is 74.2 Å². The van der Waals surface area contributed by atoms with E-state index in [1.165, 1.54) is 11.6 Å². The Morgan fingerprint density at radius 1 is 1.03 bits per heavy atom. The predicted octanol–water partition coefficient (Wildman–Crippen LogP) is 5.54. The molecule has 4 rings (SSSR count). The minimum absolute atomic E-state index is 0.0117. The summed E-state index contributed by atoms with van der Waals surface area (Å²) in [6.07, 6.45) is 4.86. The van der Waals surface area contributed by atoms with Gasteiger partial charge in [-0.3, -0.25) is 9.59 Å². The molecule has 1 aliphatic heterocycles. The number of hydrogen-bond acceptors (Lipinski definition) is 4. The van der Waals surface area contributed by atoms with Crippen LogP contribution in [0.2, 0.25) is 0 Å². The molecule has 3 aromatic carbocycles. The summed E-state index contributed by atoms with van der Waals surface area (Å²) in [5.74, 6) is 1.15. The molecule has 1 aliphatic rings. The summed E-state index contributed by atoms with van der Waals surface area (Å²) in [7, 11) is 0. The van der Waals surface area contributed by atoms with E-state index >= 15 is 0 Å². The second-order valence-corrected chi connectivity index (χ2v) is 8.62. The van der Waals surface area contributed by atoms with Crippen molar-refractivity contribution < 1.29 is 19.1 Å². The number of rotatable bonds is 9. The fourth-order valence-corrected chi connectivity index (χ4v) is 3.83. The second kappa shape index (κ2) is 11.4. The molecular weight excluding hydrogens is 440 g/mol. The van der Waals surface area contributed by atoms with Crippen LogP contribution in [0.1, 0.15) is 29.5 Å². The molecule has 6 nitrogen and oxygen atoms in total. The average Bonchev–Trinajstić information content (AvgIpc) is 2.85. The van der Waals surface area contributed by atoms with E-state index in [9.17, 15) is 9.59 Å². The SMILES string of the molecule is Cc1ccc(/C=C/C(=O)Nc2ccc3c(c2)N(CCCCOc2cccc(C)c2)C(=O)CO3)cc1. The number of nitrogens with one attached hydrogen (secondary N) is 1. The van der Waals surface area contributed by atoms with Crippen molar-refractivity contribution in [1.29, 1.82) is 0 Å². The van der Waals surface area contributed by atoms with E-state index in [2.05, 4.69) is 5.32 Å². The van der Waals surface area contributed by atoms with Crippen LogP contribution in [0.15, 0.2) is 72.8 Å². The lowest BCUT2D eigenvalue weighted by atomic mass is 10.1. The number of ether oxygens (including phenoxy) is 2. The van der Waals surface area contributed by atoms with Gasteiger partial charge in [0.2, 0.25) is 5.91 Å². The zero-order valence-corrected chi connectivity index (χ0v) is 20.1. The molecule has 0 unspecified atom stereocenters. The smallest absolute Gasteiger partial charge is 0.265 e. The Bertz CT molecular complexity index is 1220. The third kappa shape index (κ3) is 6.73. The summed E-state index contributed by atoms with van der Waals surface area (Å²) >= 11 is 0. The molecule has 1 N–H and O–H groups in total. The quantitative estimate of drug-likeness (QED) is 0.329. The zero-order valence-electron chi connectivity index (χ0n) is 20.1. The largest absolute Gasteiger partial charge is 0.494 e. The Labute approximate surface area is 206 Å². The van der Waals surface area contributed by atoms with E-state index < -0.39 is 0 Å². The Balaban J connectivity index is 1.34. The molecule has 3 aromatic rings. The highest BCUT2D eigenvalue weighted by Crippen LogP contribution is 2.34. The van der Waals surface area contributed by atoms with Crippen LogP contribution in [-0.4, -0.2) is 31.6 Å². The lowest BCUT2D eigenvalue weighted by molar-refractivity contribution is -0.121. The number of carbonyl (C=O) groups excluding carboxylic acids is 2. The van der Waals surface area contributed by atoms with Gasteiger partial charge in [-0.1, -0.05) is 42.0 Å². The molecule has 0 atom stereocenters. The maximum Gasteiger partial charge on any atom is 0.265 e. The normalized spacial score (nSPS) is 12.9. The van der Waals surface area contributed by atoms with E-state index in [4.69, 9.17) is 9.47 Å². The van der Waals surface area contributed by atoms with Gasteiger partial charge in [0, 0.05) is 18.3 Å². The Morgan fingerprint density at radius 3 is 2.66 bits per heavy atom. The summed E-state index contributed by atoms with van der Waals surface area (Å²) < 4.78 is 11.4. The molecule has 0 saturated heterocycles. The molecular formula is C29H30N2O4. The number of fused-ring (bicyclic) bond motifs is 1. The van der Waals surface area contributed by atoms with Crippen molar-refractivity contribution in [2.75, 3.05) is 30.0 Å². The van der Waals surface area contributed by atoms with Crippen LogP contribution in [0.3, 0.4) is 0 Å². The van der Waals surface area contributed by atoms with Gasteiger partial charge >= 0.3 is 0 Å². The molecule has 0 spiro atoms. The molecule has 0 radical (unpaired) electrons. The number of aryl methyl sites for hydroxylation is 2. The first-order valence-electron chi connectivity index (χ1n) is 11.8. The fourth-order valence-electron chi connectivity index (χ4n) is 3.83. The molecule has 2 amide bonds. The van der Waals surface area contributed by atoms with Gasteiger partial charge < -0.3 is 19.7 Å². The van der Waals surface area contributed by atoms with Crippen molar-refractivity contribution in [2.45, 2.75) is 26.7 Å². The van der Waals surface area contributed by atoms with Crippen LogP contribution >= 0.6 is 0 Å². The maximum absolute atomic E-state index is 12.6. The van der Waals surface area contributed by atoms with Gasteiger partial charge in [0.1, 0.15) is 11.5 Å².